The average Bonchev–Trinajstić information content (AvgIpc) is 3.44. The fourth-order valence-corrected chi connectivity index (χ4v) is 5.89. The molecule has 0 aromatic carbocycles. The Hall–Kier alpha value is -2.70. The summed E-state index contributed by atoms with van der Waals surface area (Å²) < 4.78 is 10.6. The van der Waals surface area contributed by atoms with E-state index < -0.39 is 13.9 Å². The number of nitrogens with zero attached hydrogens (tertiary/aromatic N) is 6. The predicted molar refractivity (Wildman–Crippen MR) is 143 cm³/mol. The number of hydrogen-bond acceptors (Lipinski definition) is 6. The summed E-state index contributed by atoms with van der Waals surface area (Å²) in [6, 6.07) is 4.69. The van der Waals surface area contributed by atoms with Crippen LogP contribution in [0.4, 0.5) is 5.82 Å². The van der Waals surface area contributed by atoms with E-state index in [1.54, 1.807) is 10.9 Å². The summed E-state index contributed by atoms with van der Waals surface area (Å²) in [5.41, 5.74) is 2.10. The number of fused-ring (bicyclic) bond motifs is 1. The predicted octanol–water partition coefficient (Wildman–Crippen LogP) is 6.10. The maximum absolute atomic E-state index is 9.51. The normalized spacial score (nSPS) is 19.6. The van der Waals surface area contributed by atoms with Gasteiger partial charge in [0.1, 0.15) is 17.1 Å². The second-order valence-electron chi connectivity index (χ2n) is 11.8. The van der Waals surface area contributed by atoms with Gasteiger partial charge in [0.25, 0.3) is 0 Å². The van der Waals surface area contributed by atoms with Crippen LogP contribution in [0.5, 0.6) is 0 Å². The molecule has 0 radical (unpaired) electrons. The minimum Gasteiger partial charge on any atom is -0.414 e. The maximum atomic E-state index is 9.51. The number of anilines is 1. The first kappa shape index (κ1) is 25.4. The highest BCUT2D eigenvalue weighted by Gasteiger charge is 2.40. The van der Waals surface area contributed by atoms with Gasteiger partial charge in [-0.25, -0.2) is 4.98 Å². The third-order valence-corrected chi connectivity index (χ3v) is 12.3. The third kappa shape index (κ3) is 4.87. The Morgan fingerprint density at radius 1 is 1.11 bits per heavy atom. The molecule has 4 rings (SSSR count). The van der Waals surface area contributed by atoms with Crippen molar-refractivity contribution in [1.82, 2.24) is 24.5 Å². The van der Waals surface area contributed by atoms with Gasteiger partial charge in [-0.2, -0.15) is 15.5 Å². The molecule has 1 N–H and O–H groups in total. The van der Waals surface area contributed by atoms with Crippen molar-refractivity contribution >= 4 is 25.0 Å². The quantitative estimate of drug-likeness (QED) is 0.417. The highest BCUT2D eigenvalue weighted by atomic mass is 28.4. The van der Waals surface area contributed by atoms with Gasteiger partial charge >= 0.3 is 0 Å². The molecule has 0 spiro atoms. The van der Waals surface area contributed by atoms with Crippen LogP contribution in [-0.2, 0) is 9.96 Å². The first-order valence-corrected chi connectivity index (χ1v) is 15.5. The molecule has 9 heteroatoms. The van der Waals surface area contributed by atoms with Crippen LogP contribution in [-0.4, -0.2) is 46.0 Å². The Balaban J connectivity index is 1.64. The number of pyridine rings is 1. The van der Waals surface area contributed by atoms with Crippen molar-refractivity contribution in [3.63, 3.8) is 0 Å². The molecule has 3 aromatic rings. The van der Waals surface area contributed by atoms with E-state index in [1.165, 1.54) is 0 Å². The minimum atomic E-state index is -1.78. The Morgan fingerprint density at radius 3 is 2.40 bits per heavy atom. The van der Waals surface area contributed by atoms with Gasteiger partial charge in [0.15, 0.2) is 8.32 Å². The molecule has 3 aromatic heterocycles. The lowest BCUT2D eigenvalue weighted by Gasteiger charge is -2.41. The molecule has 188 valence electrons. The number of rotatable bonds is 6. The summed E-state index contributed by atoms with van der Waals surface area (Å²) in [6.45, 7) is 15.3. The molecule has 1 aliphatic rings. The standard InChI is InChI=1S/C26H39N7OSi/c1-25(2,3)35(7,8)34-20-11-9-19(10-12-20)33-22-13-23(28-6)29-15-21(22)24(31-33)18-14-30-32(16-18)26(4,5)17-27/h13-16,19-20H,9-12H2,1-8H3,(H,28,29). The van der Waals surface area contributed by atoms with Gasteiger partial charge in [-0.05, 0) is 57.7 Å². The van der Waals surface area contributed by atoms with Crippen LogP contribution < -0.4 is 5.32 Å². The maximum Gasteiger partial charge on any atom is 0.192 e. The summed E-state index contributed by atoms with van der Waals surface area (Å²) in [5, 5.41) is 23.4. The first-order chi connectivity index (χ1) is 16.4. The topological polar surface area (TPSA) is 93.6 Å². The number of nitrogens with one attached hydrogen (secondary N) is 1. The van der Waals surface area contributed by atoms with Crippen LogP contribution in [0.3, 0.4) is 0 Å². The van der Waals surface area contributed by atoms with Gasteiger partial charge < -0.3 is 9.74 Å². The van der Waals surface area contributed by atoms with E-state index in [1.807, 2.05) is 33.3 Å². The molecule has 3 heterocycles. The molecule has 0 saturated heterocycles. The van der Waals surface area contributed by atoms with Crippen LogP contribution in [0.2, 0.25) is 18.1 Å². The molecule has 0 aliphatic heterocycles. The molecule has 1 saturated carbocycles. The molecule has 0 atom stereocenters. The summed E-state index contributed by atoms with van der Waals surface area (Å²) in [5.74, 6) is 0.821. The van der Waals surface area contributed by atoms with Crippen molar-refractivity contribution in [3.8, 4) is 17.3 Å². The largest absolute Gasteiger partial charge is 0.414 e. The molecule has 1 aliphatic carbocycles. The fraction of sp³-hybridized carbons (Fsp3) is 0.615. The molecular weight excluding hydrogens is 454 g/mol. The first-order valence-electron chi connectivity index (χ1n) is 12.6. The minimum absolute atomic E-state index is 0.220. The summed E-state index contributed by atoms with van der Waals surface area (Å²) in [4.78, 5) is 4.56. The molecular formula is C26H39N7OSi. The smallest absolute Gasteiger partial charge is 0.192 e. The second kappa shape index (κ2) is 9.06. The van der Waals surface area contributed by atoms with Crippen LogP contribution in [0.25, 0.3) is 22.2 Å². The lowest BCUT2D eigenvalue weighted by Crippen LogP contribution is -2.44. The van der Waals surface area contributed by atoms with E-state index in [2.05, 4.69) is 66.1 Å². The average molecular weight is 494 g/mol. The lowest BCUT2D eigenvalue weighted by molar-refractivity contribution is 0.116. The van der Waals surface area contributed by atoms with E-state index in [0.717, 1.165) is 53.7 Å². The molecule has 35 heavy (non-hydrogen) atoms. The highest BCUT2D eigenvalue weighted by Crippen LogP contribution is 2.41. The second-order valence-corrected chi connectivity index (χ2v) is 16.5. The summed E-state index contributed by atoms with van der Waals surface area (Å²) in [6.07, 6.45) is 10.1. The zero-order chi connectivity index (χ0) is 25.6. The number of hydrogen-bond donors (Lipinski definition) is 1. The van der Waals surface area contributed by atoms with Gasteiger partial charge in [-0.15, -0.1) is 0 Å². The Kier molecular flexibility index (Phi) is 6.58. The van der Waals surface area contributed by atoms with Crippen LogP contribution in [0.1, 0.15) is 66.3 Å². The van der Waals surface area contributed by atoms with E-state index in [0.29, 0.717) is 12.1 Å². The lowest BCUT2D eigenvalue weighted by atomic mass is 9.93. The van der Waals surface area contributed by atoms with Crippen LogP contribution in [0, 0.1) is 11.3 Å². The Labute approximate surface area is 209 Å². The van der Waals surface area contributed by atoms with Crippen molar-refractivity contribution in [3.05, 3.63) is 24.7 Å². The van der Waals surface area contributed by atoms with Gasteiger partial charge in [0.2, 0.25) is 0 Å². The van der Waals surface area contributed by atoms with E-state index in [-0.39, 0.29) is 5.04 Å². The van der Waals surface area contributed by atoms with Crippen molar-refractivity contribution < 1.29 is 4.43 Å². The van der Waals surface area contributed by atoms with E-state index in [4.69, 9.17) is 9.52 Å². The van der Waals surface area contributed by atoms with Crippen molar-refractivity contribution in [2.75, 3.05) is 12.4 Å². The Morgan fingerprint density at radius 2 is 1.80 bits per heavy atom. The van der Waals surface area contributed by atoms with Crippen LogP contribution >= 0.6 is 0 Å². The monoisotopic (exact) mass is 493 g/mol. The van der Waals surface area contributed by atoms with Gasteiger partial charge in [0, 0.05) is 42.6 Å². The van der Waals surface area contributed by atoms with Crippen LogP contribution in [0.15, 0.2) is 24.7 Å². The third-order valence-electron chi connectivity index (χ3n) is 7.81. The molecule has 0 amide bonds. The Bertz CT molecular complexity index is 1240. The SMILES string of the molecule is CNc1cc2c(cn1)c(-c1cnn(C(C)(C)C#N)c1)nn2C1CCC(O[Si](C)(C)C(C)(C)C)CC1. The molecule has 1 fully saturated rings. The summed E-state index contributed by atoms with van der Waals surface area (Å²) >= 11 is 0. The zero-order valence-electron chi connectivity index (χ0n) is 22.4. The van der Waals surface area contributed by atoms with Gasteiger partial charge in [-0.3, -0.25) is 9.36 Å². The van der Waals surface area contributed by atoms with E-state index >= 15 is 0 Å². The van der Waals surface area contributed by atoms with E-state index in [9.17, 15) is 5.26 Å². The highest BCUT2D eigenvalue weighted by molar-refractivity contribution is 6.74. The van der Waals surface area contributed by atoms with Gasteiger partial charge in [0.05, 0.1) is 23.8 Å². The number of nitriles is 1. The van der Waals surface area contributed by atoms with Gasteiger partial charge in [-0.1, -0.05) is 20.8 Å². The van der Waals surface area contributed by atoms with Crippen molar-refractivity contribution in [2.24, 2.45) is 0 Å². The van der Waals surface area contributed by atoms with Crippen molar-refractivity contribution in [2.45, 2.75) is 96.1 Å². The molecule has 0 unspecified atom stereocenters. The van der Waals surface area contributed by atoms with Crippen molar-refractivity contribution in [1.29, 1.82) is 5.26 Å². The molecule has 0 bridgehead atoms. The summed E-state index contributed by atoms with van der Waals surface area (Å²) in [7, 11) is 0.105. The zero-order valence-corrected chi connectivity index (χ0v) is 23.4. The number of aromatic nitrogens is 5. The fourth-order valence-electron chi connectivity index (χ4n) is 4.46. The molecule has 8 nitrogen and oxygen atoms in total.